The second kappa shape index (κ2) is 8.73. The zero-order valence-corrected chi connectivity index (χ0v) is 16.6. The van der Waals surface area contributed by atoms with Gasteiger partial charge in [0.25, 0.3) is 5.91 Å². The molecule has 150 valence electrons. The molecule has 0 bridgehead atoms. The highest BCUT2D eigenvalue weighted by molar-refractivity contribution is 6.18. The Balaban J connectivity index is 2.02. The molecule has 0 aliphatic rings. The Morgan fingerprint density at radius 1 is 0.862 bits per heavy atom. The molecular formula is C23H23NO5. The molecule has 0 saturated carbocycles. The van der Waals surface area contributed by atoms with Crippen molar-refractivity contribution in [3.8, 4) is 0 Å². The SMILES string of the molecule is COC(=O)[C@H](C[C@H](C)C(=O)OC)NC(=O)c1c2ccccc2cc2ccccc12. The number of ether oxygens (including phenoxy) is 2. The molecule has 0 radical (unpaired) electrons. The summed E-state index contributed by atoms with van der Waals surface area (Å²) in [6, 6.07) is 16.2. The molecule has 0 unspecified atom stereocenters. The number of rotatable bonds is 6. The van der Waals surface area contributed by atoms with Gasteiger partial charge in [0.15, 0.2) is 0 Å². The van der Waals surface area contributed by atoms with Crippen LogP contribution in [-0.2, 0) is 19.1 Å². The molecule has 2 atom stereocenters. The van der Waals surface area contributed by atoms with Crippen LogP contribution < -0.4 is 5.32 Å². The Hall–Kier alpha value is -3.41. The summed E-state index contributed by atoms with van der Waals surface area (Å²) in [5.41, 5.74) is 0.485. The van der Waals surface area contributed by atoms with Crippen LogP contribution in [0.2, 0.25) is 0 Å². The number of amides is 1. The highest BCUT2D eigenvalue weighted by Crippen LogP contribution is 2.28. The average Bonchev–Trinajstić information content (AvgIpc) is 2.75. The molecule has 1 N–H and O–H groups in total. The average molecular weight is 393 g/mol. The molecule has 0 spiro atoms. The first-order valence-corrected chi connectivity index (χ1v) is 9.33. The van der Waals surface area contributed by atoms with E-state index < -0.39 is 29.8 Å². The Labute approximate surface area is 168 Å². The number of carbonyl (C=O) groups excluding carboxylic acids is 3. The van der Waals surface area contributed by atoms with Crippen LogP contribution in [0.25, 0.3) is 21.5 Å². The summed E-state index contributed by atoms with van der Waals surface area (Å²) in [7, 11) is 2.53. The number of hydrogen-bond donors (Lipinski definition) is 1. The molecule has 6 heteroatoms. The van der Waals surface area contributed by atoms with Gasteiger partial charge in [-0.1, -0.05) is 55.5 Å². The van der Waals surface area contributed by atoms with E-state index in [1.54, 1.807) is 6.92 Å². The van der Waals surface area contributed by atoms with Gasteiger partial charge in [0.1, 0.15) is 6.04 Å². The first-order valence-electron chi connectivity index (χ1n) is 9.33. The molecule has 0 heterocycles. The number of hydrogen-bond acceptors (Lipinski definition) is 5. The summed E-state index contributed by atoms with van der Waals surface area (Å²) in [5.74, 6) is -2.04. The maximum Gasteiger partial charge on any atom is 0.328 e. The van der Waals surface area contributed by atoms with E-state index in [0.717, 1.165) is 21.5 Å². The number of benzene rings is 3. The van der Waals surface area contributed by atoms with E-state index in [1.165, 1.54) is 14.2 Å². The second-order valence-electron chi connectivity index (χ2n) is 6.90. The molecule has 6 nitrogen and oxygen atoms in total. The maximum absolute atomic E-state index is 13.3. The zero-order valence-electron chi connectivity index (χ0n) is 16.6. The van der Waals surface area contributed by atoms with Crippen molar-refractivity contribution >= 4 is 39.4 Å². The van der Waals surface area contributed by atoms with Crippen LogP contribution >= 0.6 is 0 Å². The molecule has 29 heavy (non-hydrogen) atoms. The number of esters is 2. The lowest BCUT2D eigenvalue weighted by atomic mass is 9.95. The molecule has 0 fully saturated rings. The highest BCUT2D eigenvalue weighted by atomic mass is 16.5. The summed E-state index contributed by atoms with van der Waals surface area (Å²) in [6.07, 6.45) is 0.0772. The topological polar surface area (TPSA) is 81.7 Å². The van der Waals surface area contributed by atoms with Gasteiger partial charge < -0.3 is 14.8 Å². The monoisotopic (exact) mass is 393 g/mol. The van der Waals surface area contributed by atoms with E-state index in [0.29, 0.717) is 5.56 Å². The summed E-state index contributed by atoms with van der Waals surface area (Å²) >= 11 is 0. The van der Waals surface area contributed by atoms with Crippen molar-refractivity contribution < 1.29 is 23.9 Å². The summed E-state index contributed by atoms with van der Waals surface area (Å²) < 4.78 is 9.56. The van der Waals surface area contributed by atoms with Gasteiger partial charge in [0.2, 0.25) is 0 Å². The smallest absolute Gasteiger partial charge is 0.328 e. The zero-order chi connectivity index (χ0) is 21.0. The minimum Gasteiger partial charge on any atom is -0.469 e. The van der Waals surface area contributed by atoms with Gasteiger partial charge in [-0.3, -0.25) is 9.59 Å². The lowest BCUT2D eigenvalue weighted by Crippen LogP contribution is -2.43. The summed E-state index contributed by atoms with van der Waals surface area (Å²) in [6.45, 7) is 1.64. The fourth-order valence-electron chi connectivity index (χ4n) is 3.50. The molecule has 1 amide bonds. The van der Waals surface area contributed by atoms with E-state index in [-0.39, 0.29) is 6.42 Å². The van der Waals surface area contributed by atoms with Crippen molar-refractivity contribution in [3.05, 3.63) is 60.2 Å². The van der Waals surface area contributed by atoms with Crippen LogP contribution in [0.4, 0.5) is 0 Å². The van der Waals surface area contributed by atoms with Crippen LogP contribution in [0.15, 0.2) is 54.6 Å². The minimum atomic E-state index is -0.973. The third kappa shape index (κ3) is 4.21. The Kier molecular flexibility index (Phi) is 6.12. The van der Waals surface area contributed by atoms with Gasteiger partial charge in [0, 0.05) is 0 Å². The van der Waals surface area contributed by atoms with Gasteiger partial charge in [-0.15, -0.1) is 0 Å². The molecule has 0 aliphatic heterocycles. The number of carbonyl (C=O) groups is 3. The quantitative estimate of drug-likeness (QED) is 0.512. The first kappa shape index (κ1) is 20.3. The van der Waals surface area contributed by atoms with E-state index in [2.05, 4.69) is 5.32 Å². The highest BCUT2D eigenvalue weighted by Gasteiger charge is 2.28. The fraction of sp³-hybridized carbons (Fsp3) is 0.261. The molecule has 0 saturated heterocycles. The van der Waals surface area contributed by atoms with Gasteiger partial charge in [0.05, 0.1) is 25.7 Å². The molecule has 3 rings (SSSR count). The summed E-state index contributed by atoms with van der Waals surface area (Å²) in [4.78, 5) is 37.3. The molecule has 3 aromatic rings. The number of methoxy groups -OCH3 is 2. The van der Waals surface area contributed by atoms with E-state index in [1.807, 2.05) is 54.6 Å². The third-order valence-corrected chi connectivity index (χ3v) is 4.98. The van der Waals surface area contributed by atoms with Crippen molar-refractivity contribution in [3.63, 3.8) is 0 Å². The predicted molar refractivity (Wildman–Crippen MR) is 111 cm³/mol. The van der Waals surface area contributed by atoms with E-state index >= 15 is 0 Å². The predicted octanol–water partition coefficient (Wildman–Crippen LogP) is 3.46. The van der Waals surface area contributed by atoms with Crippen LogP contribution in [0.5, 0.6) is 0 Å². The lowest BCUT2D eigenvalue weighted by molar-refractivity contribution is -0.147. The van der Waals surface area contributed by atoms with Gasteiger partial charge >= 0.3 is 11.9 Å². The second-order valence-corrected chi connectivity index (χ2v) is 6.90. The maximum atomic E-state index is 13.3. The van der Waals surface area contributed by atoms with Crippen molar-refractivity contribution in [2.45, 2.75) is 19.4 Å². The lowest BCUT2D eigenvalue weighted by Gasteiger charge is -2.20. The van der Waals surface area contributed by atoms with Gasteiger partial charge in [-0.2, -0.15) is 0 Å². The van der Waals surface area contributed by atoms with Crippen molar-refractivity contribution in [1.29, 1.82) is 0 Å². The van der Waals surface area contributed by atoms with Crippen molar-refractivity contribution in [2.75, 3.05) is 14.2 Å². The van der Waals surface area contributed by atoms with Gasteiger partial charge in [-0.25, -0.2) is 4.79 Å². The van der Waals surface area contributed by atoms with Crippen molar-refractivity contribution in [2.24, 2.45) is 5.92 Å². The summed E-state index contributed by atoms with van der Waals surface area (Å²) in [5, 5.41) is 6.18. The number of nitrogens with one attached hydrogen (secondary N) is 1. The van der Waals surface area contributed by atoms with E-state index in [9.17, 15) is 14.4 Å². The number of fused-ring (bicyclic) bond motifs is 2. The first-order chi connectivity index (χ1) is 14.0. The Morgan fingerprint density at radius 3 is 1.90 bits per heavy atom. The van der Waals surface area contributed by atoms with Crippen LogP contribution in [0, 0.1) is 5.92 Å². The van der Waals surface area contributed by atoms with Crippen LogP contribution in [0.3, 0.4) is 0 Å². The molecule has 0 aromatic heterocycles. The third-order valence-electron chi connectivity index (χ3n) is 4.98. The van der Waals surface area contributed by atoms with E-state index in [4.69, 9.17) is 9.47 Å². The van der Waals surface area contributed by atoms with Crippen molar-refractivity contribution in [1.82, 2.24) is 5.32 Å². The molecule has 3 aromatic carbocycles. The normalized spacial score (nSPS) is 12.9. The van der Waals surface area contributed by atoms with Crippen LogP contribution in [0.1, 0.15) is 23.7 Å². The Bertz CT molecular complexity index is 1020. The van der Waals surface area contributed by atoms with Gasteiger partial charge in [-0.05, 0) is 34.0 Å². The molecule has 0 aliphatic carbocycles. The fourth-order valence-corrected chi connectivity index (χ4v) is 3.50. The minimum absolute atomic E-state index is 0.0772. The molecular weight excluding hydrogens is 370 g/mol. The standard InChI is InChI=1S/C23H23NO5/c1-14(22(26)28-2)12-19(23(27)29-3)24-21(25)20-17-10-6-4-8-15(17)13-16-9-5-7-11-18(16)20/h4-11,13-14,19H,12H2,1-3H3,(H,24,25)/t14-,19-/m0/s1. The Morgan fingerprint density at radius 2 is 1.38 bits per heavy atom. The van der Waals surface area contributed by atoms with Crippen LogP contribution in [-0.4, -0.2) is 38.1 Å². The largest absolute Gasteiger partial charge is 0.469 e.